The third-order valence-corrected chi connectivity index (χ3v) is 4.96. The van der Waals surface area contributed by atoms with Gasteiger partial charge in [-0.1, -0.05) is 26.8 Å². The van der Waals surface area contributed by atoms with Crippen molar-refractivity contribution in [2.24, 2.45) is 5.41 Å². The molecule has 0 radical (unpaired) electrons. The van der Waals surface area contributed by atoms with Crippen LogP contribution in [0, 0.1) is 5.41 Å². The molecule has 0 bridgehead atoms. The van der Waals surface area contributed by atoms with Crippen molar-refractivity contribution in [2.45, 2.75) is 45.1 Å². The number of rotatable bonds is 4. The minimum Gasteiger partial charge on any atom is -0.383 e. The summed E-state index contributed by atoms with van der Waals surface area (Å²) in [4.78, 5) is 8.56. The molecular formula is C17H23N5S. The van der Waals surface area contributed by atoms with Crippen LogP contribution in [0.4, 0.5) is 5.82 Å². The highest BCUT2D eigenvalue weighted by molar-refractivity contribution is 7.99. The summed E-state index contributed by atoms with van der Waals surface area (Å²) < 4.78 is 1.66. The smallest absolute Gasteiger partial charge is 0.252 e. The average molecular weight is 329 g/mol. The molecule has 122 valence electrons. The third-order valence-electron chi connectivity index (χ3n) is 4.11. The summed E-state index contributed by atoms with van der Waals surface area (Å²) >= 11 is 1.72. The van der Waals surface area contributed by atoms with E-state index in [-0.39, 0.29) is 0 Å². The number of nitrogen functional groups attached to an aromatic ring is 1. The fraction of sp³-hybridized carbons (Fsp3) is 0.471. The summed E-state index contributed by atoms with van der Waals surface area (Å²) in [6.45, 7) is 6.75. The van der Waals surface area contributed by atoms with Crippen LogP contribution in [0.15, 0.2) is 29.6 Å². The van der Waals surface area contributed by atoms with Gasteiger partial charge in [0.1, 0.15) is 10.8 Å². The van der Waals surface area contributed by atoms with Crippen molar-refractivity contribution >= 4 is 23.2 Å². The number of hydrogen-bond acceptors (Lipinski definition) is 5. The van der Waals surface area contributed by atoms with E-state index >= 15 is 0 Å². The van der Waals surface area contributed by atoms with Crippen molar-refractivity contribution in [1.82, 2.24) is 19.7 Å². The van der Waals surface area contributed by atoms with Gasteiger partial charge in [-0.25, -0.2) is 9.97 Å². The van der Waals surface area contributed by atoms with Gasteiger partial charge in [0.25, 0.3) is 5.95 Å². The van der Waals surface area contributed by atoms with Gasteiger partial charge >= 0.3 is 0 Å². The summed E-state index contributed by atoms with van der Waals surface area (Å²) in [6.07, 6.45) is 9.05. The second-order valence-electron chi connectivity index (χ2n) is 6.57. The zero-order chi connectivity index (χ0) is 16.4. The van der Waals surface area contributed by atoms with E-state index in [9.17, 15) is 0 Å². The molecule has 2 N–H and O–H groups in total. The molecule has 3 rings (SSSR count). The Morgan fingerprint density at radius 3 is 2.70 bits per heavy atom. The Balaban J connectivity index is 2.09. The van der Waals surface area contributed by atoms with Gasteiger partial charge in [-0.15, -0.1) is 11.8 Å². The van der Waals surface area contributed by atoms with E-state index in [2.05, 4.69) is 41.9 Å². The Morgan fingerprint density at radius 2 is 2.04 bits per heavy atom. The summed E-state index contributed by atoms with van der Waals surface area (Å²) in [7, 11) is 0. The fourth-order valence-electron chi connectivity index (χ4n) is 3.01. The lowest BCUT2D eigenvalue weighted by Gasteiger charge is -2.29. The van der Waals surface area contributed by atoms with Crippen molar-refractivity contribution in [1.29, 1.82) is 0 Å². The molecule has 23 heavy (non-hydrogen) atoms. The van der Waals surface area contributed by atoms with Crippen LogP contribution in [0.25, 0.3) is 11.5 Å². The maximum absolute atomic E-state index is 6.45. The van der Waals surface area contributed by atoms with Gasteiger partial charge in [0.05, 0.1) is 5.56 Å². The summed E-state index contributed by atoms with van der Waals surface area (Å²) in [5, 5.41) is 5.65. The Hall–Kier alpha value is -1.82. The molecular weight excluding hydrogens is 306 g/mol. The first-order chi connectivity index (χ1) is 11.0. The quantitative estimate of drug-likeness (QED) is 0.860. The first-order valence-corrected chi connectivity index (χ1v) is 8.98. The van der Waals surface area contributed by atoms with Crippen molar-refractivity contribution < 1.29 is 0 Å². The SMILES string of the molecule is CCSc1nn(-c2ncccn2)c(N)c1C1=CCCC(C)(C)C1. The predicted octanol–water partition coefficient (Wildman–Crippen LogP) is 3.95. The van der Waals surface area contributed by atoms with Crippen LogP contribution in [0.1, 0.15) is 45.6 Å². The Morgan fingerprint density at radius 1 is 1.30 bits per heavy atom. The molecule has 2 heterocycles. The van der Waals surface area contributed by atoms with Gasteiger partial charge in [0, 0.05) is 12.4 Å². The van der Waals surface area contributed by atoms with Crippen molar-refractivity contribution in [2.75, 3.05) is 11.5 Å². The molecule has 0 fully saturated rings. The minimum atomic E-state index is 0.302. The molecule has 5 nitrogen and oxygen atoms in total. The molecule has 0 saturated carbocycles. The molecule has 0 saturated heterocycles. The topological polar surface area (TPSA) is 69.6 Å². The Kier molecular flexibility index (Phi) is 4.43. The first-order valence-electron chi connectivity index (χ1n) is 8.00. The van der Waals surface area contributed by atoms with E-state index in [0.29, 0.717) is 17.2 Å². The lowest BCUT2D eigenvalue weighted by Crippen LogP contribution is -2.16. The minimum absolute atomic E-state index is 0.302. The monoisotopic (exact) mass is 329 g/mol. The number of aromatic nitrogens is 4. The second kappa shape index (κ2) is 6.35. The summed E-state index contributed by atoms with van der Waals surface area (Å²) in [5.41, 5.74) is 9.12. The van der Waals surface area contributed by atoms with Crippen molar-refractivity contribution in [3.8, 4) is 5.95 Å². The van der Waals surface area contributed by atoms with Crippen molar-refractivity contribution in [3.63, 3.8) is 0 Å². The third kappa shape index (κ3) is 3.27. The van der Waals surface area contributed by atoms with Gasteiger partial charge in [-0.2, -0.15) is 9.78 Å². The molecule has 1 aliphatic rings. The molecule has 0 unspecified atom stereocenters. The number of nitrogens with zero attached hydrogens (tertiary/aromatic N) is 4. The molecule has 0 atom stereocenters. The molecule has 2 aromatic heterocycles. The zero-order valence-electron chi connectivity index (χ0n) is 13.9. The average Bonchev–Trinajstić information content (AvgIpc) is 2.84. The van der Waals surface area contributed by atoms with Gasteiger partial charge in [-0.3, -0.25) is 0 Å². The maximum Gasteiger partial charge on any atom is 0.252 e. The number of thioether (sulfide) groups is 1. The molecule has 2 aromatic rings. The van der Waals surface area contributed by atoms with Gasteiger partial charge in [0.15, 0.2) is 0 Å². The van der Waals surface area contributed by atoms with Gasteiger partial charge in [0.2, 0.25) is 0 Å². The van der Waals surface area contributed by atoms with E-state index in [4.69, 9.17) is 5.73 Å². The molecule has 1 aliphatic carbocycles. The maximum atomic E-state index is 6.45. The Bertz CT molecular complexity index is 718. The predicted molar refractivity (Wildman–Crippen MR) is 95.6 cm³/mol. The molecule has 0 aliphatic heterocycles. The number of anilines is 1. The van der Waals surface area contributed by atoms with E-state index in [1.54, 1.807) is 34.9 Å². The normalized spacial score (nSPS) is 17.1. The summed E-state index contributed by atoms with van der Waals surface area (Å²) in [5.74, 6) is 2.11. The molecule has 0 spiro atoms. The molecule has 6 heteroatoms. The van der Waals surface area contributed by atoms with E-state index in [1.165, 1.54) is 12.0 Å². The van der Waals surface area contributed by atoms with Crippen LogP contribution in [-0.2, 0) is 0 Å². The fourth-order valence-corrected chi connectivity index (χ4v) is 3.80. The van der Waals surface area contributed by atoms with E-state index < -0.39 is 0 Å². The summed E-state index contributed by atoms with van der Waals surface area (Å²) in [6, 6.07) is 1.79. The van der Waals surface area contributed by atoms with Crippen LogP contribution in [-0.4, -0.2) is 25.5 Å². The highest BCUT2D eigenvalue weighted by Crippen LogP contribution is 2.43. The van der Waals surface area contributed by atoms with E-state index in [0.717, 1.165) is 29.2 Å². The molecule has 0 aromatic carbocycles. The Labute approximate surface area is 141 Å². The van der Waals surface area contributed by atoms with Gasteiger partial charge in [-0.05, 0) is 42.1 Å². The van der Waals surface area contributed by atoms with Gasteiger partial charge < -0.3 is 5.73 Å². The van der Waals surface area contributed by atoms with Crippen LogP contribution < -0.4 is 5.73 Å². The number of allylic oxidation sites excluding steroid dienone is 2. The van der Waals surface area contributed by atoms with Crippen LogP contribution in [0.3, 0.4) is 0 Å². The standard InChI is InChI=1S/C17H23N5S/c1-4-23-15-13(12-7-5-8-17(2,3)11-12)14(18)22(21-15)16-19-9-6-10-20-16/h6-7,9-10H,4-5,8,11,18H2,1-3H3. The van der Waals surface area contributed by atoms with Crippen LogP contribution in [0.2, 0.25) is 0 Å². The highest BCUT2D eigenvalue weighted by Gasteiger charge is 2.28. The van der Waals surface area contributed by atoms with Crippen molar-refractivity contribution in [3.05, 3.63) is 30.1 Å². The number of hydrogen-bond donors (Lipinski definition) is 1. The zero-order valence-corrected chi connectivity index (χ0v) is 14.7. The molecule has 0 amide bonds. The van der Waals surface area contributed by atoms with E-state index in [1.807, 2.05) is 0 Å². The van der Waals surface area contributed by atoms with Crippen LogP contribution in [0.5, 0.6) is 0 Å². The van der Waals surface area contributed by atoms with Crippen LogP contribution >= 0.6 is 11.8 Å². The highest BCUT2D eigenvalue weighted by atomic mass is 32.2. The second-order valence-corrected chi connectivity index (χ2v) is 7.82. The lowest BCUT2D eigenvalue weighted by atomic mass is 9.76. The number of nitrogens with two attached hydrogens (primary N) is 1. The first kappa shape index (κ1) is 16.1. The largest absolute Gasteiger partial charge is 0.383 e. The lowest BCUT2D eigenvalue weighted by molar-refractivity contribution is 0.338.